The van der Waals surface area contributed by atoms with Crippen molar-refractivity contribution >= 4 is 45.7 Å². The van der Waals surface area contributed by atoms with Gasteiger partial charge < -0.3 is 13.9 Å². The van der Waals surface area contributed by atoms with Crippen LogP contribution in [0.25, 0.3) is 16.8 Å². The molecule has 1 aromatic heterocycles. The van der Waals surface area contributed by atoms with Crippen LogP contribution in [-0.4, -0.2) is 36.2 Å². The lowest BCUT2D eigenvalue weighted by atomic mass is 10.0. The topological polar surface area (TPSA) is 86.0 Å². The highest BCUT2D eigenvalue weighted by molar-refractivity contribution is 8.18. The molecule has 8 heteroatoms. The van der Waals surface area contributed by atoms with Crippen LogP contribution in [0, 0.1) is 0 Å². The summed E-state index contributed by atoms with van der Waals surface area (Å²) < 4.78 is 15.4. The van der Waals surface area contributed by atoms with Gasteiger partial charge in [-0.15, -0.1) is 0 Å². The lowest BCUT2D eigenvalue weighted by molar-refractivity contribution is -0.123. The summed E-state index contributed by atoms with van der Waals surface area (Å²) in [6, 6.07) is 14.4. The summed E-state index contributed by atoms with van der Waals surface area (Å²) in [7, 11) is 2.85. The van der Waals surface area contributed by atoms with E-state index in [9.17, 15) is 14.4 Å². The van der Waals surface area contributed by atoms with E-state index in [1.54, 1.807) is 13.2 Å². The van der Waals surface area contributed by atoms with Crippen molar-refractivity contribution in [1.82, 2.24) is 4.90 Å². The number of hydrogen-bond acceptors (Lipinski definition) is 7. The van der Waals surface area contributed by atoms with Crippen molar-refractivity contribution < 1.29 is 28.3 Å². The van der Waals surface area contributed by atoms with Crippen LogP contribution in [0.2, 0.25) is 0 Å². The Balaban J connectivity index is 1.62. The first-order valence-corrected chi connectivity index (χ1v) is 9.81. The van der Waals surface area contributed by atoms with Crippen molar-refractivity contribution in [2.24, 2.45) is 0 Å². The van der Waals surface area contributed by atoms with Crippen LogP contribution in [0.4, 0.5) is 4.79 Å². The van der Waals surface area contributed by atoms with Crippen molar-refractivity contribution in [3.05, 3.63) is 70.5 Å². The quantitative estimate of drug-likeness (QED) is 0.442. The van der Waals surface area contributed by atoms with E-state index in [0.29, 0.717) is 10.7 Å². The minimum absolute atomic E-state index is 0.0136. The van der Waals surface area contributed by atoms with Crippen molar-refractivity contribution in [3.63, 3.8) is 0 Å². The molecule has 30 heavy (non-hydrogen) atoms. The molecule has 3 aromatic rings. The van der Waals surface area contributed by atoms with Gasteiger partial charge in [0.25, 0.3) is 11.1 Å². The number of carbonyl (C=O) groups is 3. The smallest absolute Gasteiger partial charge is 0.373 e. The second-order valence-corrected chi connectivity index (χ2v) is 7.42. The predicted octanol–water partition coefficient (Wildman–Crippen LogP) is 4.46. The first-order chi connectivity index (χ1) is 14.5. The Morgan fingerprint density at radius 3 is 2.57 bits per heavy atom. The highest BCUT2D eigenvalue weighted by Crippen LogP contribution is 2.36. The van der Waals surface area contributed by atoms with Crippen molar-refractivity contribution in [1.29, 1.82) is 0 Å². The zero-order valence-corrected chi connectivity index (χ0v) is 17.0. The van der Waals surface area contributed by atoms with E-state index in [1.165, 1.54) is 19.2 Å². The molecule has 0 bridgehead atoms. The van der Waals surface area contributed by atoms with E-state index in [2.05, 4.69) is 4.74 Å². The standard InChI is InChI=1S/C22H17NO6S/c1-27-17-9-7-13(15-5-3-4-6-16(15)17)11-19-20(24)23(22(26)30-19)12-14-8-10-18(29-14)21(25)28-2/h3-11H,12H2,1-2H3/b19-11+. The van der Waals surface area contributed by atoms with Gasteiger partial charge in [-0.05, 0) is 47.0 Å². The Morgan fingerprint density at radius 2 is 1.83 bits per heavy atom. The van der Waals surface area contributed by atoms with Gasteiger partial charge in [0.15, 0.2) is 0 Å². The fourth-order valence-electron chi connectivity index (χ4n) is 3.21. The lowest BCUT2D eigenvalue weighted by Crippen LogP contribution is -2.27. The second-order valence-electron chi connectivity index (χ2n) is 6.43. The molecule has 1 fully saturated rings. The first kappa shape index (κ1) is 19.8. The van der Waals surface area contributed by atoms with Crippen LogP contribution in [0.3, 0.4) is 0 Å². The van der Waals surface area contributed by atoms with E-state index in [1.807, 2.05) is 36.4 Å². The predicted molar refractivity (Wildman–Crippen MR) is 112 cm³/mol. The van der Waals surface area contributed by atoms with E-state index in [4.69, 9.17) is 9.15 Å². The van der Waals surface area contributed by atoms with E-state index >= 15 is 0 Å². The fraction of sp³-hybridized carbons (Fsp3) is 0.136. The van der Waals surface area contributed by atoms with Gasteiger partial charge in [0.05, 0.1) is 25.7 Å². The number of ether oxygens (including phenoxy) is 2. The van der Waals surface area contributed by atoms with Gasteiger partial charge in [0, 0.05) is 5.39 Å². The number of hydrogen-bond donors (Lipinski definition) is 0. The molecule has 4 rings (SSSR count). The van der Waals surface area contributed by atoms with Crippen molar-refractivity contribution in [2.75, 3.05) is 14.2 Å². The molecule has 0 radical (unpaired) electrons. The van der Waals surface area contributed by atoms with Gasteiger partial charge in [-0.3, -0.25) is 14.5 Å². The van der Waals surface area contributed by atoms with Crippen molar-refractivity contribution in [2.45, 2.75) is 6.54 Å². The van der Waals surface area contributed by atoms with Gasteiger partial charge in [0.2, 0.25) is 5.76 Å². The Hall–Kier alpha value is -3.52. The molecular weight excluding hydrogens is 406 g/mol. The summed E-state index contributed by atoms with van der Waals surface area (Å²) in [5.41, 5.74) is 0.808. The van der Waals surface area contributed by atoms with Gasteiger partial charge >= 0.3 is 5.97 Å². The lowest BCUT2D eigenvalue weighted by Gasteiger charge is -2.10. The van der Waals surface area contributed by atoms with Crippen LogP contribution in [-0.2, 0) is 16.1 Å². The van der Waals surface area contributed by atoms with Gasteiger partial charge in [-0.1, -0.05) is 30.3 Å². The number of esters is 1. The van der Waals surface area contributed by atoms with Gasteiger partial charge in [-0.25, -0.2) is 4.79 Å². The minimum Gasteiger partial charge on any atom is -0.496 e. The SMILES string of the molecule is COC(=O)c1ccc(CN2C(=O)S/C(=C/c3ccc(OC)c4ccccc34)C2=O)o1. The third kappa shape index (κ3) is 3.57. The average Bonchev–Trinajstić information content (AvgIpc) is 3.34. The molecule has 2 aromatic carbocycles. The highest BCUT2D eigenvalue weighted by atomic mass is 32.2. The van der Waals surface area contributed by atoms with Crippen molar-refractivity contribution in [3.8, 4) is 5.75 Å². The summed E-state index contributed by atoms with van der Waals surface area (Å²) in [6.07, 6.45) is 1.70. The monoisotopic (exact) mass is 423 g/mol. The van der Waals surface area contributed by atoms with Crippen LogP contribution in [0.1, 0.15) is 21.9 Å². The number of amides is 2. The Morgan fingerprint density at radius 1 is 1.07 bits per heavy atom. The number of benzene rings is 2. The number of thioether (sulfide) groups is 1. The molecule has 2 amide bonds. The van der Waals surface area contributed by atoms with E-state index in [-0.39, 0.29) is 12.3 Å². The summed E-state index contributed by atoms with van der Waals surface area (Å²) >= 11 is 0.866. The molecule has 1 saturated heterocycles. The molecule has 0 spiro atoms. The Bertz CT molecular complexity index is 1200. The normalized spacial score (nSPS) is 15.3. The maximum Gasteiger partial charge on any atom is 0.373 e. The average molecular weight is 423 g/mol. The maximum atomic E-state index is 12.8. The highest BCUT2D eigenvalue weighted by Gasteiger charge is 2.36. The summed E-state index contributed by atoms with van der Waals surface area (Å²) in [5.74, 6) is 0.0197. The third-order valence-corrected chi connectivity index (χ3v) is 5.57. The zero-order valence-electron chi connectivity index (χ0n) is 16.2. The van der Waals surface area contributed by atoms with E-state index in [0.717, 1.165) is 38.7 Å². The fourth-order valence-corrected chi connectivity index (χ4v) is 4.03. The third-order valence-electron chi connectivity index (χ3n) is 4.66. The van der Waals surface area contributed by atoms with Crippen LogP contribution in [0.15, 0.2) is 57.9 Å². The summed E-state index contributed by atoms with van der Waals surface area (Å²) in [4.78, 5) is 38.2. The molecule has 0 atom stereocenters. The molecule has 0 unspecified atom stereocenters. The minimum atomic E-state index is -0.623. The number of methoxy groups -OCH3 is 2. The Labute approximate surface area is 176 Å². The molecule has 2 heterocycles. The maximum absolute atomic E-state index is 12.8. The van der Waals surface area contributed by atoms with Crippen LogP contribution in [0.5, 0.6) is 5.75 Å². The second kappa shape index (κ2) is 8.08. The number of fused-ring (bicyclic) bond motifs is 1. The van der Waals surface area contributed by atoms with Gasteiger partial charge in [0.1, 0.15) is 11.5 Å². The summed E-state index contributed by atoms with van der Waals surface area (Å²) in [5, 5.41) is 1.43. The number of carbonyl (C=O) groups excluding carboxylic acids is 3. The molecule has 0 N–H and O–H groups in total. The molecule has 0 aliphatic carbocycles. The number of furan rings is 1. The van der Waals surface area contributed by atoms with Gasteiger partial charge in [-0.2, -0.15) is 0 Å². The first-order valence-electron chi connectivity index (χ1n) is 9.00. The molecule has 1 aliphatic rings. The molecule has 7 nitrogen and oxygen atoms in total. The summed E-state index contributed by atoms with van der Waals surface area (Å²) in [6.45, 7) is -0.0671. The Kier molecular flexibility index (Phi) is 5.33. The number of nitrogens with zero attached hydrogens (tertiary/aromatic N) is 1. The van der Waals surface area contributed by atoms with E-state index < -0.39 is 17.1 Å². The molecular formula is C22H17NO6S. The number of rotatable bonds is 5. The number of imide groups is 1. The van der Waals surface area contributed by atoms with Crippen LogP contribution >= 0.6 is 11.8 Å². The zero-order chi connectivity index (χ0) is 21.3. The van der Waals surface area contributed by atoms with Crippen LogP contribution < -0.4 is 4.74 Å². The molecule has 1 aliphatic heterocycles. The molecule has 0 saturated carbocycles. The largest absolute Gasteiger partial charge is 0.496 e. The molecule has 152 valence electrons.